The molecule has 1 aromatic carbocycles. The second-order valence-corrected chi connectivity index (χ2v) is 5.53. The molecule has 2 N–H and O–H groups in total. The van der Waals surface area contributed by atoms with E-state index in [0.717, 1.165) is 5.69 Å². The van der Waals surface area contributed by atoms with Gasteiger partial charge in [0.1, 0.15) is 15.7 Å². The maximum atomic E-state index is 11.8. The number of esters is 1. The van der Waals surface area contributed by atoms with E-state index in [9.17, 15) is 4.79 Å². The van der Waals surface area contributed by atoms with Crippen molar-refractivity contribution < 1.29 is 9.53 Å². The lowest BCUT2D eigenvalue weighted by atomic mass is 10.2. The number of thioether (sulfide) groups is 1. The van der Waals surface area contributed by atoms with Gasteiger partial charge < -0.3 is 15.4 Å². The summed E-state index contributed by atoms with van der Waals surface area (Å²) in [6.07, 6.45) is -0.482. The molecule has 1 saturated heterocycles. The fourth-order valence-corrected chi connectivity index (χ4v) is 3.29. The molecule has 0 unspecified atom stereocenters. The molecule has 2 rings (SSSR count). The second kappa shape index (κ2) is 5.69. The van der Waals surface area contributed by atoms with Gasteiger partial charge in [0, 0.05) is 5.69 Å². The minimum Gasteiger partial charge on any atom is -0.465 e. The summed E-state index contributed by atoms with van der Waals surface area (Å²) >= 11 is 6.56. The first-order valence-corrected chi connectivity index (χ1v) is 6.91. The Balaban J connectivity index is 2.20. The van der Waals surface area contributed by atoms with Gasteiger partial charge in [0.2, 0.25) is 0 Å². The number of rotatable bonds is 3. The molecule has 1 aliphatic heterocycles. The molecule has 96 valence electrons. The SMILES string of the molecule is CCOC(=O)[C@@H]1SC(=S)N(c2ccccc2)[C@H]1N. The Labute approximate surface area is 115 Å². The van der Waals surface area contributed by atoms with E-state index in [1.165, 1.54) is 11.8 Å². The third-order valence-corrected chi connectivity index (χ3v) is 4.20. The Hall–Kier alpha value is -1.11. The molecule has 0 amide bonds. The third-order valence-electron chi connectivity index (χ3n) is 2.59. The van der Waals surface area contributed by atoms with Gasteiger partial charge in [-0.05, 0) is 19.1 Å². The monoisotopic (exact) mass is 282 g/mol. The van der Waals surface area contributed by atoms with Gasteiger partial charge in [-0.25, -0.2) is 0 Å². The van der Waals surface area contributed by atoms with E-state index < -0.39 is 11.4 Å². The lowest BCUT2D eigenvalue weighted by molar-refractivity contribution is -0.142. The summed E-state index contributed by atoms with van der Waals surface area (Å²) in [5.74, 6) is -0.309. The average Bonchev–Trinajstić information content (AvgIpc) is 2.66. The number of anilines is 1. The summed E-state index contributed by atoms with van der Waals surface area (Å²) in [5.41, 5.74) is 6.99. The number of ether oxygens (including phenoxy) is 1. The minimum absolute atomic E-state index is 0.309. The number of hydrogen-bond donors (Lipinski definition) is 1. The van der Waals surface area contributed by atoms with Crippen LogP contribution >= 0.6 is 24.0 Å². The first kappa shape index (κ1) is 13.3. The fourth-order valence-electron chi connectivity index (χ4n) is 1.77. The highest BCUT2D eigenvalue weighted by Crippen LogP contribution is 2.34. The minimum atomic E-state index is -0.482. The largest absolute Gasteiger partial charge is 0.465 e. The van der Waals surface area contributed by atoms with Crippen molar-refractivity contribution >= 4 is 40.0 Å². The number of benzene rings is 1. The first-order chi connectivity index (χ1) is 8.65. The van der Waals surface area contributed by atoms with Gasteiger partial charge in [-0.15, -0.1) is 0 Å². The van der Waals surface area contributed by atoms with Gasteiger partial charge in [0.05, 0.1) is 6.61 Å². The van der Waals surface area contributed by atoms with Crippen LogP contribution < -0.4 is 10.6 Å². The van der Waals surface area contributed by atoms with Gasteiger partial charge in [-0.1, -0.05) is 42.2 Å². The summed E-state index contributed by atoms with van der Waals surface area (Å²) in [5, 5.41) is -0.461. The number of carbonyl (C=O) groups is 1. The number of hydrogen-bond acceptors (Lipinski definition) is 5. The highest BCUT2D eigenvalue weighted by molar-refractivity contribution is 8.24. The lowest BCUT2D eigenvalue weighted by Crippen LogP contribution is -2.46. The van der Waals surface area contributed by atoms with E-state index in [1.54, 1.807) is 11.8 Å². The number of nitrogens with zero attached hydrogens (tertiary/aromatic N) is 1. The number of nitrogens with two attached hydrogens (primary N) is 1. The summed E-state index contributed by atoms with van der Waals surface area (Å²) in [7, 11) is 0. The topological polar surface area (TPSA) is 55.6 Å². The quantitative estimate of drug-likeness (QED) is 0.673. The van der Waals surface area contributed by atoms with Crippen LogP contribution in [0.25, 0.3) is 0 Å². The van der Waals surface area contributed by atoms with E-state index in [0.29, 0.717) is 10.9 Å². The first-order valence-electron chi connectivity index (χ1n) is 5.62. The number of thiocarbonyl (C=S) groups is 1. The van der Waals surface area contributed by atoms with Gasteiger partial charge >= 0.3 is 5.97 Å². The van der Waals surface area contributed by atoms with Gasteiger partial charge in [-0.3, -0.25) is 4.79 Å². The van der Waals surface area contributed by atoms with Crippen molar-refractivity contribution in [1.82, 2.24) is 0 Å². The summed E-state index contributed by atoms with van der Waals surface area (Å²) < 4.78 is 5.61. The predicted molar refractivity (Wildman–Crippen MR) is 77.5 cm³/mol. The molecular weight excluding hydrogens is 268 g/mol. The molecule has 1 aliphatic rings. The summed E-state index contributed by atoms with van der Waals surface area (Å²) in [4.78, 5) is 13.6. The molecule has 0 bridgehead atoms. The van der Waals surface area contributed by atoms with Crippen molar-refractivity contribution in [2.45, 2.75) is 18.3 Å². The van der Waals surface area contributed by atoms with Crippen molar-refractivity contribution in [3.63, 3.8) is 0 Å². The Bertz CT molecular complexity index is 453. The van der Waals surface area contributed by atoms with E-state index in [2.05, 4.69) is 0 Å². The Morgan fingerprint density at radius 1 is 1.50 bits per heavy atom. The van der Waals surface area contributed by atoms with E-state index in [4.69, 9.17) is 22.7 Å². The Morgan fingerprint density at radius 2 is 2.17 bits per heavy atom. The molecule has 0 aromatic heterocycles. The molecule has 0 spiro atoms. The van der Waals surface area contributed by atoms with Crippen molar-refractivity contribution in [1.29, 1.82) is 0 Å². The van der Waals surface area contributed by atoms with Crippen molar-refractivity contribution in [2.75, 3.05) is 11.5 Å². The Morgan fingerprint density at radius 3 is 2.78 bits per heavy atom. The average molecular weight is 282 g/mol. The summed E-state index contributed by atoms with van der Waals surface area (Å²) in [6, 6.07) is 9.57. The van der Waals surface area contributed by atoms with E-state index >= 15 is 0 Å². The van der Waals surface area contributed by atoms with E-state index in [-0.39, 0.29) is 5.97 Å². The molecule has 4 nitrogen and oxygen atoms in total. The molecule has 18 heavy (non-hydrogen) atoms. The molecule has 1 aromatic rings. The van der Waals surface area contributed by atoms with Crippen LogP contribution in [0, 0.1) is 0 Å². The molecular formula is C12H14N2O2S2. The Kier molecular flexibility index (Phi) is 4.21. The van der Waals surface area contributed by atoms with Crippen LogP contribution in [0.3, 0.4) is 0 Å². The van der Waals surface area contributed by atoms with Crippen molar-refractivity contribution in [2.24, 2.45) is 5.73 Å². The molecule has 1 fully saturated rings. The molecule has 0 saturated carbocycles. The standard InChI is InChI=1S/C12H14N2O2S2/c1-2-16-11(15)9-10(13)14(12(17)18-9)8-6-4-3-5-7-8/h3-7,9-10H,2,13H2,1H3/t9-,10-/m1/s1. The van der Waals surface area contributed by atoms with Crippen molar-refractivity contribution in [3.05, 3.63) is 30.3 Å². The van der Waals surface area contributed by atoms with Gasteiger partial charge in [0.25, 0.3) is 0 Å². The van der Waals surface area contributed by atoms with Crippen LogP contribution in [0.15, 0.2) is 30.3 Å². The lowest BCUT2D eigenvalue weighted by Gasteiger charge is -2.23. The highest BCUT2D eigenvalue weighted by atomic mass is 32.2. The third kappa shape index (κ3) is 2.50. The second-order valence-electron chi connectivity index (χ2n) is 3.75. The van der Waals surface area contributed by atoms with Crippen LogP contribution in [0.1, 0.15) is 6.92 Å². The van der Waals surface area contributed by atoms with Crippen molar-refractivity contribution in [3.8, 4) is 0 Å². The predicted octanol–water partition coefficient (Wildman–Crippen LogP) is 1.74. The van der Waals surface area contributed by atoms with Crippen LogP contribution in [0.4, 0.5) is 5.69 Å². The molecule has 0 radical (unpaired) electrons. The molecule has 1 heterocycles. The van der Waals surface area contributed by atoms with Crippen LogP contribution in [0.2, 0.25) is 0 Å². The summed E-state index contributed by atoms with van der Waals surface area (Å²) in [6.45, 7) is 2.12. The van der Waals surface area contributed by atoms with Crippen LogP contribution in [-0.2, 0) is 9.53 Å². The van der Waals surface area contributed by atoms with Crippen LogP contribution in [0.5, 0.6) is 0 Å². The zero-order chi connectivity index (χ0) is 13.1. The molecule has 6 heteroatoms. The number of para-hydroxylation sites is 1. The van der Waals surface area contributed by atoms with E-state index in [1.807, 2.05) is 30.3 Å². The maximum absolute atomic E-state index is 11.8. The van der Waals surface area contributed by atoms with Crippen LogP contribution in [-0.4, -0.2) is 28.3 Å². The van der Waals surface area contributed by atoms with Gasteiger partial charge in [0.15, 0.2) is 0 Å². The molecule has 0 aliphatic carbocycles. The normalized spacial score (nSPS) is 23.2. The maximum Gasteiger partial charge on any atom is 0.323 e. The smallest absolute Gasteiger partial charge is 0.323 e. The zero-order valence-corrected chi connectivity index (χ0v) is 11.5. The fraction of sp³-hybridized carbons (Fsp3) is 0.333. The number of carbonyl (C=O) groups excluding carboxylic acids is 1. The van der Waals surface area contributed by atoms with Gasteiger partial charge in [-0.2, -0.15) is 0 Å². The highest BCUT2D eigenvalue weighted by Gasteiger charge is 2.41. The zero-order valence-electron chi connectivity index (χ0n) is 9.91. The molecule has 2 atom stereocenters.